The molecule has 0 aromatic heterocycles. The first-order valence-electron chi connectivity index (χ1n) is 5.02. The number of rotatable bonds is 5. The van der Waals surface area contributed by atoms with Crippen LogP contribution in [0.4, 0.5) is 0 Å². The van der Waals surface area contributed by atoms with Crippen molar-refractivity contribution in [3.63, 3.8) is 0 Å². The average Bonchev–Trinajstić information content (AvgIpc) is 2.20. The highest BCUT2D eigenvalue weighted by Crippen LogP contribution is 2.14. The molecule has 0 aliphatic rings. The number of benzene rings is 1. The number of halogens is 1. The molecule has 1 atom stereocenters. The van der Waals surface area contributed by atoms with Gasteiger partial charge in [-0.3, -0.25) is 4.79 Å². The van der Waals surface area contributed by atoms with Gasteiger partial charge in [-0.15, -0.1) is 0 Å². The van der Waals surface area contributed by atoms with Gasteiger partial charge in [-0.05, 0) is 37.3 Å². The maximum atomic E-state index is 10.6. The van der Waals surface area contributed by atoms with Crippen LogP contribution in [0.3, 0.4) is 0 Å². The van der Waals surface area contributed by atoms with Gasteiger partial charge in [0.05, 0.1) is 0 Å². The van der Waals surface area contributed by atoms with Gasteiger partial charge in [0.1, 0.15) is 4.83 Å². The molecule has 0 radical (unpaired) electrons. The lowest BCUT2D eigenvalue weighted by Gasteiger charge is -2.06. The largest absolute Gasteiger partial charge is 0.480 e. The Bertz CT molecular complexity index is 336. The highest BCUT2D eigenvalue weighted by Gasteiger charge is 2.11. The molecule has 1 N–H and O–H groups in total. The first kappa shape index (κ1) is 12.2. The number of hydrogen-bond acceptors (Lipinski definition) is 1. The number of carbonyl (C=O) groups is 1. The highest BCUT2D eigenvalue weighted by molar-refractivity contribution is 9.10. The van der Waals surface area contributed by atoms with Crippen LogP contribution in [0.5, 0.6) is 0 Å². The van der Waals surface area contributed by atoms with E-state index in [2.05, 4.69) is 35.0 Å². The number of carboxylic acid groups (broad SMARTS) is 1. The third-order valence-corrected chi connectivity index (χ3v) is 3.28. The average molecular weight is 271 g/mol. The fourth-order valence-electron chi connectivity index (χ4n) is 1.49. The monoisotopic (exact) mass is 270 g/mol. The molecule has 2 nitrogen and oxygen atoms in total. The van der Waals surface area contributed by atoms with E-state index in [1.165, 1.54) is 11.1 Å². The molecule has 0 aliphatic carbocycles. The van der Waals surface area contributed by atoms with Crippen molar-refractivity contribution in [1.29, 1.82) is 0 Å². The summed E-state index contributed by atoms with van der Waals surface area (Å²) in [4.78, 5) is 10.1. The van der Waals surface area contributed by atoms with E-state index >= 15 is 0 Å². The number of carboxylic acids is 1. The topological polar surface area (TPSA) is 37.3 Å². The zero-order valence-corrected chi connectivity index (χ0v) is 10.3. The molecule has 15 heavy (non-hydrogen) atoms. The molecule has 0 heterocycles. The minimum absolute atomic E-state index is 0.415. The number of alkyl halides is 1. The fraction of sp³-hybridized carbons (Fsp3) is 0.417. The van der Waals surface area contributed by atoms with Gasteiger partial charge in [-0.1, -0.05) is 40.2 Å². The molecule has 0 aliphatic heterocycles. The minimum atomic E-state index is -0.778. The lowest BCUT2D eigenvalue weighted by atomic mass is 10.0. The van der Waals surface area contributed by atoms with Crippen LogP contribution in [0.1, 0.15) is 24.0 Å². The molecular formula is C12H15BrO2. The van der Waals surface area contributed by atoms with Gasteiger partial charge in [0.2, 0.25) is 0 Å². The Balaban J connectivity index is 2.38. The molecule has 0 fully saturated rings. The van der Waals surface area contributed by atoms with E-state index in [-0.39, 0.29) is 0 Å². The smallest absolute Gasteiger partial charge is 0.317 e. The standard InChI is InChI=1S/C12H15BrO2/c1-9-5-2-3-6-10(9)7-4-8-11(13)12(14)15/h2-3,5-6,11H,4,7-8H2,1H3,(H,14,15). The minimum Gasteiger partial charge on any atom is -0.480 e. The summed E-state index contributed by atoms with van der Waals surface area (Å²) in [6.45, 7) is 2.08. The molecular weight excluding hydrogens is 256 g/mol. The summed E-state index contributed by atoms with van der Waals surface area (Å²) in [6, 6.07) is 8.21. The summed E-state index contributed by atoms with van der Waals surface area (Å²) < 4.78 is 0. The molecule has 1 rings (SSSR count). The molecule has 0 amide bonds. The van der Waals surface area contributed by atoms with Crippen LogP contribution in [0, 0.1) is 6.92 Å². The lowest BCUT2D eigenvalue weighted by Crippen LogP contribution is -2.12. The van der Waals surface area contributed by atoms with Gasteiger partial charge in [0.15, 0.2) is 0 Å². The maximum Gasteiger partial charge on any atom is 0.317 e. The predicted molar refractivity (Wildman–Crippen MR) is 64.5 cm³/mol. The maximum absolute atomic E-state index is 10.6. The second-order valence-corrected chi connectivity index (χ2v) is 4.73. The van der Waals surface area contributed by atoms with Gasteiger partial charge in [-0.2, -0.15) is 0 Å². The van der Waals surface area contributed by atoms with E-state index in [0.29, 0.717) is 6.42 Å². The molecule has 3 heteroatoms. The van der Waals surface area contributed by atoms with Crippen LogP contribution in [0.25, 0.3) is 0 Å². The quantitative estimate of drug-likeness (QED) is 0.835. The van der Waals surface area contributed by atoms with Crippen LogP contribution < -0.4 is 0 Å². The molecule has 0 saturated heterocycles. The van der Waals surface area contributed by atoms with Crippen molar-refractivity contribution in [3.05, 3.63) is 35.4 Å². The third kappa shape index (κ3) is 4.04. The zero-order valence-electron chi connectivity index (χ0n) is 8.74. The van der Waals surface area contributed by atoms with Gasteiger partial charge >= 0.3 is 5.97 Å². The summed E-state index contributed by atoms with van der Waals surface area (Å²) in [5.41, 5.74) is 2.58. The van der Waals surface area contributed by atoms with Crippen molar-refractivity contribution in [3.8, 4) is 0 Å². The Morgan fingerprint density at radius 2 is 2.13 bits per heavy atom. The van der Waals surface area contributed by atoms with Crippen molar-refractivity contribution >= 4 is 21.9 Å². The molecule has 0 saturated carbocycles. The Kier molecular flexibility index (Phi) is 4.82. The summed E-state index contributed by atoms with van der Waals surface area (Å²) >= 11 is 3.13. The summed E-state index contributed by atoms with van der Waals surface area (Å²) in [7, 11) is 0. The highest BCUT2D eigenvalue weighted by atomic mass is 79.9. The third-order valence-electron chi connectivity index (χ3n) is 2.43. The van der Waals surface area contributed by atoms with E-state index < -0.39 is 10.8 Å². The van der Waals surface area contributed by atoms with Crippen molar-refractivity contribution in [2.75, 3.05) is 0 Å². The van der Waals surface area contributed by atoms with E-state index in [9.17, 15) is 4.79 Å². The van der Waals surface area contributed by atoms with Gasteiger partial charge < -0.3 is 5.11 Å². The Hall–Kier alpha value is -0.830. The van der Waals surface area contributed by atoms with Crippen molar-refractivity contribution in [2.24, 2.45) is 0 Å². The van der Waals surface area contributed by atoms with E-state index in [1.807, 2.05) is 12.1 Å². The molecule has 1 aromatic rings. The zero-order chi connectivity index (χ0) is 11.3. The summed E-state index contributed by atoms with van der Waals surface area (Å²) in [5, 5.41) is 8.69. The van der Waals surface area contributed by atoms with Crippen molar-refractivity contribution in [1.82, 2.24) is 0 Å². The predicted octanol–water partition coefficient (Wildman–Crippen LogP) is 3.17. The van der Waals surface area contributed by atoms with Crippen LogP contribution in [-0.4, -0.2) is 15.9 Å². The molecule has 82 valence electrons. The molecule has 1 aromatic carbocycles. The first-order valence-corrected chi connectivity index (χ1v) is 5.94. The van der Waals surface area contributed by atoms with Crippen molar-refractivity contribution in [2.45, 2.75) is 31.0 Å². The second kappa shape index (κ2) is 5.91. The molecule has 1 unspecified atom stereocenters. The van der Waals surface area contributed by atoms with Crippen LogP contribution in [0.15, 0.2) is 24.3 Å². The van der Waals surface area contributed by atoms with Gasteiger partial charge in [0.25, 0.3) is 0 Å². The normalized spacial score (nSPS) is 12.4. The molecule has 0 bridgehead atoms. The van der Waals surface area contributed by atoms with Crippen LogP contribution >= 0.6 is 15.9 Å². The Morgan fingerprint density at radius 1 is 1.47 bits per heavy atom. The van der Waals surface area contributed by atoms with Crippen molar-refractivity contribution < 1.29 is 9.90 Å². The molecule has 0 spiro atoms. The second-order valence-electron chi connectivity index (χ2n) is 3.62. The summed E-state index contributed by atoms with van der Waals surface area (Å²) in [5.74, 6) is -0.778. The van der Waals surface area contributed by atoms with E-state index in [1.54, 1.807) is 0 Å². The fourth-order valence-corrected chi connectivity index (χ4v) is 1.81. The van der Waals surface area contributed by atoms with E-state index in [0.717, 1.165) is 12.8 Å². The van der Waals surface area contributed by atoms with Gasteiger partial charge in [0, 0.05) is 0 Å². The number of hydrogen-bond donors (Lipinski definition) is 1. The number of aryl methyl sites for hydroxylation is 2. The first-order chi connectivity index (χ1) is 7.11. The van der Waals surface area contributed by atoms with Crippen LogP contribution in [-0.2, 0) is 11.2 Å². The summed E-state index contributed by atoms with van der Waals surface area (Å²) in [6.07, 6.45) is 2.51. The Morgan fingerprint density at radius 3 is 2.73 bits per heavy atom. The SMILES string of the molecule is Cc1ccccc1CCCC(Br)C(=O)O. The Labute approximate surface area is 98.4 Å². The van der Waals surface area contributed by atoms with Crippen LogP contribution in [0.2, 0.25) is 0 Å². The lowest BCUT2D eigenvalue weighted by molar-refractivity contribution is -0.136. The van der Waals surface area contributed by atoms with E-state index in [4.69, 9.17) is 5.11 Å². The van der Waals surface area contributed by atoms with Gasteiger partial charge in [-0.25, -0.2) is 0 Å². The number of aliphatic carboxylic acids is 1.